The van der Waals surface area contributed by atoms with E-state index in [1.165, 1.54) is 18.5 Å². The van der Waals surface area contributed by atoms with Crippen molar-refractivity contribution in [2.24, 2.45) is 11.8 Å². The molecule has 5 heteroatoms. The molecule has 0 radical (unpaired) electrons. The summed E-state index contributed by atoms with van der Waals surface area (Å²) < 4.78 is 0. The third-order valence-electron chi connectivity index (χ3n) is 4.98. The zero-order valence-corrected chi connectivity index (χ0v) is 16.5. The van der Waals surface area contributed by atoms with Gasteiger partial charge in [-0.2, -0.15) is 0 Å². The fourth-order valence-corrected chi connectivity index (χ4v) is 3.20. The second-order valence-electron chi connectivity index (χ2n) is 7.88. The molecule has 1 saturated heterocycles. The summed E-state index contributed by atoms with van der Waals surface area (Å²) in [4.78, 5) is 19.1. The van der Waals surface area contributed by atoms with Gasteiger partial charge in [0.15, 0.2) is 0 Å². The van der Waals surface area contributed by atoms with Gasteiger partial charge in [0.05, 0.1) is 0 Å². The average Bonchev–Trinajstić information content (AvgIpc) is 2.68. The Balaban J connectivity index is 1.60. The number of piperidine rings is 1. The number of nitrogens with one attached hydrogen (secondary N) is 2. The lowest BCUT2D eigenvalue weighted by Gasteiger charge is -2.32. The Kier molecular flexibility index (Phi) is 6.32. The maximum absolute atomic E-state index is 12.5. The number of nitrogens with zero attached hydrogens (tertiary/aromatic N) is 2. The number of rotatable bonds is 6. The summed E-state index contributed by atoms with van der Waals surface area (Å²) in [5, 5.41) is 6.26. The Bertz CT molecular complexity index is 749. The summed E-state index contributed by atoms with van der Waals surface area (Å²) in [6.45, 7) is 9.69. The van der Waals surface area contributed by atoms with Crippen LogP contribution in [0.5, 0.6) is 0 Å². The minimum absolute atomic E-state index is 0.192. The van der Waals surface area contributed by atoms with Crippen molar-refractivity contribution < 1.29 is 4.79 Å². The van der Waals surface area contributed by atoms with Gasteiger partial charge in [-0.25, -0.2) is 0 Å². The minimum Gasteiger partial charge on any atom is -0.385 e. The topological polar surface area (TPSA) is 57.3 Å². The van der Waals surface area contributed by atoms with Gasteiger partial charge in [0.1, 0.15) is 5.69 Å². The van der Waals surface area contributed by atoms with Gasteiger partial charge in [0.25, 0.3) is 5.91 Å². The molecule has 0 aliphatic carbocycles. The largest absolute Gasteiger partial charge is 0.385 e. The van der Waals surface area contributed by atoms with Crippen LogP contribution in [-0.2, 0) is 0 Å². The molecule has 0 saturated carbocycles. The lowest BCUT2D eigenvalue weighted by atomic mass is 9.99. The predicted molar refractivity (Wildman–Crippen MR) is 113 cm³/mol. The maximum atomic E-state index is 12.5. The van der Waals surface area contributed by atoms with Crippen LogP contribution in [0.25, 0.3) is 0 Å². The molecule has 1 aliphatic rings. The number of carbonyl (C=O) groups excluding carboxylic acids is 1. The molecule has 0 spiro atoms. The molecule has 2 aromatic rings. The van der Waals surface area contributed by atoms with Crippen LogP contribution in [-0.4, -0.2) is 30.5 Å². The van der Waals surface area contributed by atoms with Crippen molar-refractivity contribution >= 4 is 23.0 Å². The minimum atomic E-state index is -0.192. The molecular formula is C22H30N4O. The van der Waals surface area contributed by atoms with E-state index in [0.717, 1.165) is 36.9 Å². The van der Waals surface area contributed by atoms with Crippen LogP contribution >= 0.6 is 0 Å². The highest BCUT2D eigenvalue weighted by molar-refractivity contribution is 6.03. The molecule has 27 heavy (non-hydrogen) atoms. The van der Waals surface area contributed by atoms with E-state index in [1.807, 2.05) is 18.2 Å². The first-order valence-electron chi connectivity index (χ1n) is 9.87. The van der Waals surface area contributed by atoms with Crippen molar-refractivity contribution in [3.63, 3.8) is 0 Å². The fourth-order valence-electron chi connectivity index (χ4n) is 3.20. The monoisotopic (exact) mass is 366 g/mol. The SMILES string of the molecule is CC(C)CNc1ccnc(C(=O)Nc2ccc(N3CCC(C)CC3)cc2)c1. The second-order valence-corrected chi connectivity index (χ2v) is 7.88. The summed E-state index contributed by atoms with van der Waals surface area (Å²) in [7, 11) is 0. The smallest absolute Gasteiger partial charge is 0.274 e. The Morgan fingerprint density at radius 3 is 2.52 bits per heavy atom. The van der Waals surface area contributed by atoms with Gasteiger partial charge in [-0.1, -0.05) is 20.8 Å². The van der Waals surface area contributed by atoms with E-state index < -0.39 is 0 Å². The molecule has 1 aromatic carbocycles. The molecular weight excluding hydrogens is 336 g/mol. The van der Waals surface area contributed by atoms with Crippen LogP contribution < -0.4 is 15.5 Å². The Labute approximate surface area is 162 Å². The maximum Gasteiger partial charge on any atom is 0.274 e. The van der Waals surface area contributed by atoms with Gasteiger partial charge in [0.2, 0.25) is 0 Å². The van der Waals surface area contributed by atoms with Crippen molar-refractivity contribution in [2.45, 2.75) is 33.6 Å². The molecule has 0 unspecified atom stereocenters. The molecule has 1 fully saturated rings. The van der Waals surface area contributed by atoms with Crippen molar-refractivity contribution in [2.75, 3.05) is 35.2 Å². The molecule has 5 nitrogen and oxygen atoms in total. The van der Waals surface area contributed by atoms with Crippen LogP contribution in [0.15, 0.2) is 42.6 Å². The normalized spacial score (nSPS) is 15.0. The molecule has 2 heterocycles. The number of hydrogen-bond donors (Lipinski definition) is 2. The van der Waals surface area contributed by atoms with E-state index in [4.69, 9.17) is 0 Å². The summed E-state index contributed by atoms with van der Waals surface area (Å²) in [6.07, 6.45) is 4.15. The van der Waals surface area contributed by atoms with E-state index in [1.54, 1.807) is 12.3 Å². The third kappa shape index (κ3) is 5.46. The highest BCUT2D eigenvalue weighted by Crippen LogP contribution is 2.24. The standard InChI is InChI=1S/C22H30N4O/c1-16(2)15-24-19-8-11-23-21(14-19)22(27)25-18-4-6-20(7-5-18)26-12-9-17(3)10-13-26/h4-8,11,14,16-17H,9-10,12-13,15H2,1-3H3,(H,23,24)(H,25,27). The average molecular weight is 367 g/mol. The van der Waals surface area contributed by atoms with Gasteiger partial charge in [0, 0.05) is 42.9 Å². The number of carbonyl (C=O) groups is 1. The van der Waals surface area contributed by atoms with Crippen molar-refractivity contribution in [3.05, 3.63) is 48.3 Å². The van der Waals surface area contributed by atoms with Crippen LogP contribution in [0.4, 0.5) is 17.1 Å². The molecule has 2 N–H and O–H groups in total. The number of benzene rings is 1. The highest BCUT2D eigenvalue weighted by Gasteiger charge is 2.16. The van der Waals surface area contributed by atoms with E-state index in [2.05, 4.69) is 53.4 Å². The zero-order valence-electron chi connectivity index (χ0n) is 16.5. The van der Waals surface area contributed by atoms with Gasteiger partial charge in [-0.15, -0.1) is 0 Å². The molecule has 144 valence electrons. The van der Waals surface area contributed by atoms with E-state index in [-0.39, 0.29) is 5.91 Å². The van der Waals surface area contributed by atoms with Crippen LogP contribution in [0.1, 0.15) is 44.1 Å². The molecule has 1 aromatic heterocycles. The lowest BCUT2D eigenvalue weighted by molar-refractivity contribution is 0.102. The third-order valence-corrected chi connectivity index (χ3v) is 4.98. The van der Waals surface area contributed by atoms with Gasteiger partial charge < -0.3 is 15.5 Å². The number of amides is 1. The molecule has 0 atom stereocenters. The lowest BCUT2D eigenvalue weighted by Crippen LogP contribution is -2.32. The molecule has 1 aliphatic heterocycles. The van der Waals surface area contributed by atoms with Crippen molar-refractivity contribution in [1.29, 1.82) is 0 Å². The summed E-state index contributed by atoms with van der Waals surface area (Å²) >= 11 is 0. The molecule has 3 rings (SSSR count). The Morgan fingerprint density at radius 2 is 1.85 bits per heavy atom. The van der Waals surface area contributed by atoms with E-state index >= 15 is 0 Å². The Morgan fingerprint density at radius 1 is 1.15 bits per heavy atom. The second kappa shape index (κ2) is 8.89. The van der Waals surface area contributed by atoms with Crippen LogP contribution in [0.2, 0.25) is 0 Å². The number of pyridine rings is 1. The highest BCUT2D eigenvalue weighted by atomic mass is 16.1. The first-order chi connectivity index (χ1) is 13.0. The van der Waals surface area contributed by atoms with Crippen molar-refractivity contribution in [1.82, 2.24) is 4.98 Å². The molecule has 0 bridgehead atoms. The van der Waals surface area contributed by atoms with Crippen LogP contribution in [0, 0.1) is 11.8 Å². The summed E-state index contributed by atoms with van der Waals surface area (Å²) in [5.74, 6) is 1.16. The van der Waals surface area contributed by atoms with E-state index in [0.29, 0.717) is 11.6 Å². The Hall–Kier alpha value is -2.56. The first kappa shape index (κ1) is 19.2. The number of hydrogen-bond acceptors (Lipinski definition) is 4. The molecule has 1 amide bonds. The summed E-state index contributed by atoms with van der Waals surface area (Å²) in [5.41, 5.74) is 3.34. The van der Waals surface area contributed by atoms with Crippen LogP contribution in [0.3, 0.4) is 0 Å². The number of anilines is 3. The van der Waals surface area contributed by atoms with E-state index in [9.17, 15) is 4.79 Å². The van der Waals surface area contributed by atoms with Gasteiger partial charge >= 0.3 is 0 Å². The van der Waals surface area contributed by atoms with Crippen molar-refractivity contribution in [3.8, 4) is 0 Å². The summed E-state index contributed by atoms with van der Waals surface area (Å²) in [6, 6.07) is 11.8. The van der Waals surface area contributed by atoms with Gasteiger partial charge in [-0.3, -0.25) is 9.78 Å². The van der Waals surface area contributed by atoms with Gasteiger partial charge in [-0.05, 0) is 61.1 Å². The predicted octanol–water partition coefficient (Wildman–Crippen LogP) is 4.64. The zero-order chi connectivity index (χ0) is 19.2. The first-order valence-corrected chi connectivity index (χ1v) is 9.87. The quantitative estimate of drug-likeness (QED) is 0.782. The number of aromatic nitrogens is 1. The fraction of sp³-hybridized carbons (Fsp3) is 0.455.